The molecule has 0 aliphatic carbocycles. The second kappa shape index (κ2) is 7.53. The second-order valence-corrected chi connectivity index (χ2v) is 5.32. The lowest BCUT2D eigenvalue weighted by molar-refractivity contribution is -0.645. The van der Waals surface area contributed by atoms with E-state index in [2.05, 4.69) is 0 Å². The van der Waals surface area contributed by atoms with Gasteiger partial charge >= 0.3 is 0 Å². The van der Waals surface area contributed by atoms with Crippen molar-refractivity contribution in [1.29, 1.82) is 5.26 Å². The van der Waals surface area contributed by atoms with Gasteiger partial charge in [-0.15, -0.1) is 0 Å². The number of benzene rings is 1. The fourth-order valence-electron chi connectivity index (χ4n) is 1.57. The third-order valence-corrected chi connectivity index (χ3v) is 3.80. The molecule has 0 fully saturated rings. The summed E-state index contributed by atoms with van der Waals surface area (Å²) in [6.07, 6.45) is 0.730. The van der Waals surface area contributed by atoms with Crippen LogP contribution in [0.5, 0.6) is 5.75 Å². The molecular formula is C15H14N2O3S. The molecule has 21 heavy (non-hydrogen) atoms. The van der Waals surface area contributed by atoms with E-state index in [4.69, 9.17) is 10.00 Å². The zero-order chi connectivity index (χ0) is 15.1. The number of hydrogen-bond donors (Lipinski definition) is 1. The third kappa shape index (κ3) is 4.67. The summed E-state index contributed by atoms with van der Waals surface area (Å²) in [5, 5.41) is 30.5. The van der Waals surface area contributed by atoms with Crippen LogP contribution in [0.1, 0.15) is 5.56 Å². The highest BCUT2D eigenvalue weighted by Gasteiger charge is 2.10. The topological polar surface area (TPSA) is 80.2 Å². The van der Waals surface area contributed by atoms with Crippen LogP contribution < -0.4 is 9.47 Å². The van der Waals surface area contributed by atoms with Crippen LogP contribution in [0, 0.1) is 16.5 Å². The van der Waals surface area contributed by atoms with Crippen LogP contribution in [0.4, 0.5) is 0 Å². The van der Waals surface area contributed by atoms with Crippen molar-refractivity contribution in [2.24, 2.45) is 0 Å². The molecule has 0 bridgehead atoms. The highest BCUT2D eigenvalue weighted by atomic mass is 32.2. The normalized spacial score (nSPS) is 11.6. The van der Waals surface area contributed by atoms with Crippen LogP contribution >= 0.6 is 11.8 Å². The smallest absolute Gasteiger partial charge is 0.251 e. The number of hydrogen-bond acceptors (Lipinski definition) is 5. The molecular weight excluding hydrogens is 288 g/mol. The third-order valence-electron chi connectivity index (χ3n) is 2.64. The van der Waals surface area contributed by atoms with E-state index < -0.39 is 6.10 Å². The Morgan fingerprint density at radius 1 is 1.29 bits per heavy atom. The van der Waals surface area contributed by atoms with E-state index in [1.54, 1.807) is 42.5 Å². The average Bonchev–Trinajstić information content (AvgIpc) is 2.52. The quantitative estimate of drug-likeness (QED) is 0.499. The van der Waals surface area contributed by atoms with Crippen LogP contribution in [0.2, 0.25) is 0 Å². The van der Waals surface area contributed by atoms with Gasteiger partial charge in [0, 0.05) is 17.9 Å². The zero-order valence-electron chi connectivity index (χ0n) is 11.2. The molecule has 1 unspecified atom stereocenters. The summed E-state index contributed by atoms with van der Waals surface area (Å²) in [4.78, 5) is 0. The fourth-order valence-corrected chi connectivity index (χ4v) is 2.39. The van der Waals surface area contributed by atoms with Crippen molar-refractivity contribution in [2.45, 2.75) is 11.1 Å². The summed E-state index contributed by atoms with van der Waals surface area (Å²) in [5.74, 6) is 0.958. The molecule has 0 aliphatic rings. The summed E-state index contributed by atoms with van der Waals surface area (Å²) < 4.78 is 6.19. The highest BCUT2D eigenvalue weighted by Crippen LogP contribution is 2.15. The average molecular weight is 302 g/mol. The van der Waals surface area contributed by atoms with Crippen molar-refractivity contribution in [3.05, 3.63) is 59.4 Å². The maximum atomic E-state index is 11.4. The van der Waals surface area contributed by atoms with E-state index in [9.17, 15) is 10.3 Å². The molecule has 0 spiro atoms. The molecule has 2 rings (SSSR count). The Balaban J connectivity index is 1.78. The number of rotatable bonds is 6. The summed E-state index contributed by atoms with van der Waals surface area (Å²) in [6, 6.07) is 13.8. The number of aliphatic hydroxyl groups is 1. The van der Waals surface area contributed by atoms with Crippen molar-refractivity contribution in [3.63, 3.8) is 0 Å². The Hall–Kier alpha value is -2.23. The molecule has 1 aromatic carbocycles. The van der Waals surface area contributed by atoms with Gasteiger partial charge in [-0.05, 0) is 30.3 Å². The van der Waals surface area contributed by atoms with E-state index in [0.29, 0.717) is 22.1 Å². The number of ether oxygens (including phenoxy) is 1. The monoisotopic (exact) mass is 302 g/mol. The minimum absolute atomic E-state index is 0.130. The van der Waals surface area contributed by atoms with E-state index in [1.807, 2.05) is 6.07 Å². The number of nitrogens with zero attached hydrogens (tertiary/aromatic N) is 2. The second-order valence-electron chi connectivity index (χ2n) is 4.28. The first-order valence-electron chi connectivity index (χ1n) is 6.31. The van der Waals surface area contributed by atoms with Gasteiger partial charge in [0.1, 0.15) is 12.4 Å². The zero-order valence-corrected chi connectivity index (χ0v) is 12.0. The molecule has 0 saturated heterocycles. The van der Waals surface area contributed by atoms with Gasteiger partial charge in [0.25, 0.3) is 5.03 Å². The molecule has 5 nitrogen and oxygen atoms in total. The van der Waals surface area contributed by atoms with Crippen molar-refractivity contribution in [3.8, 4) is 11.8 Å². The predicted octanol–water partition coefficient (Wildman–Crippen LogP) is 1.72. The molecule has 1 atom stereocenters. The first-order chi connectivity index (χ1) is 10.2. The Labute approximate surface area is 127 Å². The van der Waals surface area contributed by atoms with E-state index >= 15 is 0 Å². The van der Waals surface area contributed by atoms with Crippen molar-refractivity contribution in [1.82, 2.24) is 0 Å². The molecule has 1 N–H and O–H groups in total. The van der Waals surface area contributed by atoms with Gasteiger partial charge < -0.3 is 15.1 Å². The molecule has 0 radical (unpaired) electrons. The van der Waals surface area contributed by atoms with Crippen LogP contribution in [-0.4, -0.2) is 23.6 Å². The molecule has 0 amide bonds. The van der Waals surface area contributed by atoms with Gasteiger partial charge in [-0.25, -0.2) is 0 Å². The maximum Gasteiger partial charge on any atom is 0.251 e. The number of nitriles is 1. The van der Waals surface area contributed by atoms with Gasteiger partial charge in [0.2, 0.25) is 0 Å². The van der Waals surface area contributed by atoms with E-state index in [0.717, 1.165) is 4.73 Å². The number of thioether (sulfide) groups is 1. The maximum absolute atomic E-state index is 11.4. The van der Waals surface area contributed by atoms with Gasteiger partial charge in [0.15, 0.2) is 6.20 Å². The SMILES string of the molecule is N#Cc1ccc(OCC(O)CSc2cccc[n+]2[O-])cc1. The van der Waals surface area contributed by atoms with Crippen LogP contribution in [0.3, 0.4) is 0 Å². The molecule has 1 heterocycles. The van der Waals surface area contributed by atoms with Crippen LogP contribution in [0.25, 0.3) is 0 Å². The van der Waals surface area contributed by atoms with Gasteiger partial charge in [0.05, 0.1) is 17.7 Å². The molecule has 2 aromatic rings. The number of aliphatic hydroxyl groups excluding tert-OH is 1. The Bertz CT molecular complexity index is 626. The predicted molar refractivity (Wildman–Crippen MR) is 78.8 cm³/mol. The highest BCUT2D eigenvalue weighted by molar-refractivity contribution is 7.99. The van der Waals surface area contributed by atoms with Crippen molar-refractivity contribution in [2.75, 3.05) is 12.4 Å². The molecule has 0 saturated carbocycles. The molecule has 108 valence electrons. The van der Waals surface area contributed by atoms with Crippen molar-refractivity contribution >= 4 is 11.8 Å². The number of pyridine rings is 1. The summed E-state index contributed by atoms with van der Waals surface area (Å²) in [5.41, 5.74) is 0.558. The summed E-state index contributed by atoms with van der Waals surface area (Å²) >= 11 is 1.27. The Morgan fingerprint density at radius 3 is 2.71 bits per heavy atom. The number of aromatic nitrogens is 1. The van der Waals surface area contributed by atoms with Crippen LogP contribution in [0.15, 0.2) is 53.7 Å². The van der Waals surface area contributed by atoms with Crippen molar-refractivity contribution < 1.29 is 14.6 Å². The molecule has 6 heteroatoms. The largest absolute Gasteiger partial charge is 0.618 e. The minimum Gasteiger partial charge on any atom is -0.618 e. The lowest BCUT2D eigenvalue weighted by atomic mass is 10.2. The first-order valence-corrected chi connectivity index (χ1v) is 7.29. The van der Waals surface area contributed by atoms with E-state index in [-0.39, 0.29) is 6.61 Å². The van der Waals surface area contributed by atoms with E-state index in [1.165, 1.54) is 18.0 Å². The summed E-state index contributed by atoms with van der Waals surface area (Å²) in [7, 11) is 0. The lowest BCUT2D eigenvalue weighted by Gasteiger charge is -2.11. The van der Waals surface area contributed by atoms with Gasteiger partial charge in [-0.2, -0.15) is 9.99 Å². The van der Waals surface area contributed by atoms with Gasteiger partial charge in [-0.3, -0.25) is 0 Å². The standard InChI is InChI=1S/C15H14N2O3S/c16-9-12-4-6-14(7-5-12)20-10-13(18)11-21-15-3-1-2-8-17(15)19/h1-8,13,18H,10-11H2. The lowest BCUT2D eigenvalue weighted by Crippen LogP contribution is -2.29. The summed E-state index contributed by atoms with van der Waals surface area (Å²) in [6.45, 7) is 0.130. The first kappa shape index (κ1) is 15.2. The Morgan fingerprint density at radius 2 is 2.05 bits per heavy atom. The van der Waals surface area contributed by atoms with Gasteiger partial charge in [-0.1, -0.05) is 11.8 Å². The molecule has 1 aromatic heterocycles. The Kier molecular flexibility index (Phi) is 5.43. The van der Waals surface area contributed by atoms with Crippen LogP contribution in [-0.2, 0) is 0 Å². The fraction of sp³-hybridized carbons (Fsp3) is 0.200. The minimum atomic E-state index is -0.689. The molecule has 0 aliphatic heterocycles.